The van der Waals surface area contributed by atoms with Crippen molar-refractivity contribution in [1.29, 1.82) is 0 Å². The molecule has 0 radical (unpaired) electrons. The molecule has 8 N–H and O–H groups in total. The van der Waals surface area contributed by atoms with Crippen LogP contribution in [0.1, 0.15) is 11.1 Å². The summed E-state index contributed by atoms with van der Waals surface area (Å²) < 4.78 is 0. The summed E-state index contributed by atoms with van der Waals surface area (Å²) in [7, 11) is 0. The maximum absolute atomic E-state index is 11.5. The van der Waals surface area contributed by atoms with Crippen molar-refractivity contribution >= 4 is 23.2 Å². The van der Waals surface area contributed by atoms with Gasteiger partial charge in [-0.05, 0) is 40.5 Å². The quantitative estimate of drug-likeness (QED) is 0.446. The molecule has 0 aliphatic heterocycles. The summed E-state index contributed by atoms with van der Waals surface area (Å²) in [6, 6.07) is 10.9. The topological polar surface area (TPSA) is 138 Å². The summed E-state index contributed by atoms with van der Waals surface area (Å²) in [4.78, 5) is 22.9. The lowest BCUT2D eigenvalue weighted by atomic mass is 9.87. The molecule has 0 aromatic heterocycles. The molecule has 0 bridgehead atoms. The van der Waals surface area contributed by atoms with Crippen LogP contribution in [0.2, 0.25) is 0 Å². The van der Waals surface area contributed by atoms with E-state index in [4.69, 9.17) is 22.9 Å². The van der Waals surface area contributed by atoms with Gasteiger partial charge in [0.05, 0.1) is 0 Å². The molecule has 2 aromatic carbocycles. The Balaban J connectivity index is 2.65. The minimum Gasteiger partial charge on any atom is -0.399 e. The number of hydrogen-bond donors (Lipinski definition) is 4. The first-order valence-corrected chi connectivity index (χ1v) is 7.92. The zero-order chi connectivity index (χ0) is 19.4. The van der Waals surface area contributed by atoms with E-state index in [1.54, 1.807) is 18.2 Å². The van der Waals surface area contributed by atoms with Crippen molar-refractivity contribution < 1.29 is 9.59 Å². The second kappa shape index (κ2) is 7.57. The van der Waals surface area contributed by atoms with Gasteiger partial charge in [0, 0.05) is 35.4 Å². The highest BCUT2D eigenvalue weighted by Gasteiger charge is 2.18. The van der Waals surface area contributed by atoms with Crippen LogP contribution in [0.15, 0.2) is 60.7 Å². The third-order valence-corrected chi connectivity index (χ3v) is 4.17. The van der Waals surface area contributed by atoms with Gasteiger partial charge >= 0.3 is 0 Å². The molecule has 2 amide bonds. The van der Waals surface area contributed by atoms with Gasteiger partial charge in [-0.15, -0.1) is 0 Å². The van der Waals surface area contributed by atoms with E-state index in [0.29, 0.717) is 16.9 Å². The minimum atomic E-state index is -0.609. The lowest BCUT2D eigenvalue weighted by Gasteiger charge is -2.18. The van der Waals surface area contributed by atoms with Gasteiger partial charge in [-0.3, -0.25) is 9.59 Å². The maximum atomic E-state index is 11.5. The molecule has 0 fully saturated rings. The molecule has 2 rings (SSSR count). The van der Waals surface area contributed by atoms with Gasteiger partial charge in [0.15, 0.2) is 0 Å². The molecule has 0 spiro atoms. The van der Waals surface area contributed by atoms with E-state index in [1.165, 1.54) is 0 Å². The first-order chi connectivity index (χ1) is 12.2. The number of rotatable bonds is 7. The van der Waals surface area contributed by atoms with Crippen LogP contribution in [0.25, 0.3) is 11.1 Å². The van der Waals surface area contributed by atoms with Crippen molar-refractivity contribution in [2.45, 2.75) is 12.8 Å². The van der Waals surface area contributed by atoms with E-state index in [0.717, 1.165) is 16.7 Å². The van der Waals surface area contributed by atoms with E-state index in [1.807, 2.05) is 18.2 Å². The molecule has 0 heterocycles. The molecule has 0 unspecified atom stereocenters. The third-order valence-electron chi connectivity index (χ3n) is 4.17. The average Bonchev–Trinajstić information content (AvgIpc) is 2.58. The number of nitrogen functional groups attached to an aromatic ring is 2. The number of hydrogen-bond acceptors (Lipinski definition) is 4. The van der Waals surface area contributed by atoms with Crippen LogP contribution in [0.4, 0.5) is 11.4 Å². The molecule has 6 heteroatoms. The molecule has 0 aliphatic carbocycles. The van der Waals surface area contributed by atoms with Gasteiger partial charge in [-0.25, -0.2) is 0 Å². The Hall–Kier alpha value is -3.54. The standard InChI is InChI=1S/C20H22N4O2/c1-11(19(23)25)9-16-15(13-3-5-14(21)6-4-13)7-8-18(22)17(16)10-12(2)20(24)26/h3-8H,1-2,9-10,21-22H2,(H2,23,25)(H2,24,26). The Labute approximate surface area is 152 Å². The van der Waals surface area contributed by atoms with Crippen molar-refractivity contribution in [3.63, 3.8) is 0 Å². The van der Waals surface area contributed by atoms with Crippen LogP contribution in [0.5, 0.6) is 0 Å². The molecular weight excluding hydrogens is 328 g/mol. The molecule has 2 aromatic rings. The van der Waals surface area contributed by atoms with Gasteiger partial charge in [0.2, 0.25) is 11.8 Å². The van der Waals surface area contributed by atoms with E-state index >= 15 is 0 Å². The predicted molar refractivity (Wildman–Crippen MR) is 105 cm³/mol. The Bertz CT molecular complexity index is 899. The van der Waals surface area contributed by atoms with E-state index in [2.05, 4.69) is 13.2 Å². The SMILES string of the molecule is C=C(Cc1c(N)ccc(-c2ccc(N)cc2)c1CC(=C)C(N)=O)C(N)=O. The smallest absolute Gasteiger partial charge is 0.244 e. The zero-order valence-electron chi connectivity index (χ0n) is 14.4. The first-order valence-electron chi connectivity index (χ1n) is 7.92. The maximum Gasteiger partial charge on any atom is 0.244 e. The number of nitrogens with two attached hydrogens (primary N) is 4. The Morgan fingerprint density at radius 2 is 1.27 bits per heavy atom. The van der Waals surface area contributed by atoms with Crippen molar-refractivity contribution in [2.24, 2.45) is 11.5 Å². The zero-order valence-corrected chi connectivity index (χ0v) is 14.4. The van der Waals surface area contributed by atoms with Crippen molar-refractivity contribution in [3.05, 3.63) is 71.8 Å². The molecule has 0 saturated carbocycles. The second-order valence-corrected chi connectivity index (χ2v) is 6.07. The molecule has 134 valence electrons. The Morgan fingerprint density at radius 1 is 0.769 bits per heavy atom. The molecule has 6 nitrogen and oxygen atoms in total. The Kier molecular flexibility index (Phi) is 5.47. The van der Waals surface area contributed by atoms with Crippen molar-refractivity contribution in [2.75, 3.05) is 11.5 Å². The predicted octanol–water partition coefficient (Wildman–Crippen LogP) is 1.69. The summed E-state index contributed by atoms with van der Waals surface area (Å²) in [6.45, 7) is 7.43. The number of amides is 2. The number of benzene rings is 2. The molecule has 0 saturated heterocycles. The van der Waals surface area contributed by atoms with Crippen molar-refractivity contribution in [3.8, 4) is 11.1 Å². The van der Waals surface area contributed by atoms with Gasteiger partial charge in [-0.2, -0.15) is 0 Å². The highest BCUT2D eigenvalue weighted by molar-refractivity contribution is 5.93. The Morgan fingerprint density at radius 3 is 1.77 bits per heavy atom. The van der Waals surface area contributed by atoms with Gasteiger partial charge in [-0.1, -0.05) is 31.4 Å². The number of primary amides is 2. The lowest BCUT2D eigenvalue weighted by Crippen LogP contribution is -2.18. The van der Waals surface area contributed by atoms with Crippen LogP contribution in [0, 0.1) is 0 Å². The van der Waals surface area contributed by atoms with Crippen LogP contribution < -0.4 is 22.9 Å². The van der Waals surface area contributed by atoms with Crippen LogP contribution in [0.3, 0.4) is 0 Å². The molecule has 0 atom stereocenters. The summed E-state index contributed by atoms with van der Waals surface area (Å²) >= 11 is 0. The van der Waals surface area contributed by atoms with Crippen LogP contribution in [-0.2, 0) is 22.4 Å². The fourth-order valence-corrected chi connectivity index (χ4v) is 2.66. The van der Waals surface area contributed by atoms with Gasteiger partial charge in [0.25, 0.3) is 0 Å². The molecule has 0 aliphatic rings. The summed E-state index contributed by atoms with van der Waals surface area (Å²) in [5.74, 6) is -1.21. The number of carbonyl (C=O) groups excluding carboxylic acids is 2. The summed E-state index contributed by atoms with van der Waals surface area (Å²) in [5.41, 5.74) is 27.3. The first kappa shape index (κ1) is 18.8. The summed E-state index contributed by atoms with van der Waals surface area (Å²) in [6.07, 6.45) is 0.368. The van der Waals surface area contributed by atoms with Crippen LogP contribution in [-0.4, -0.2) is 11.8 Å². The van der Waals surface area contributed by atoms with Gasteiger partial charge in [0.1, 0.15) is 0 Å². The van der Waals surface area contributed by atoms with E-state index in [9.17, 15) is 9.59 Å². The van der Waals surface area contributed by atoms with E-state index in [-0.39, 0.29) is 24.0 Å². The summed E-state index contributed by atoms with van der Waals surface area (Å²) in [5, 5.41) is 0. The second-order valence-electron chi connectivity index (χ2n) is 6.07. The molecule has 26 heavy (non-hydrogen) atoms. The molecular formula is C20H22N4O2. The third kappa shape index (κ3) is 4.10. The largest absolute Gasteiger partial charge is 0.399 e. The monoisotopic (exact) mass is 350 g/mol. The van der Waals surface area contributed by atoms with E-state index < -0.39 is 11.8 Å². The van der Waals surface area contributed by atoms with Crippen molar-refractivity contribution in [1.82, 2.24) is 0 Å². The average molecular weight is 350 g/mol. The lowest BCUT2D eigenvalue weighted by molar-refractivity contribution is -0.115. The minimum absolute atomic E-state index is 0.172. The number of anilines is 2. The highest BCUT2D eigenvalue weighted by atomic mass is 16.1. The fraction of sp³-hybridized carbons (Fsp3) is 0.100. The normalized spacial score (nSPS) is 10.3. The highest BCUT2D eigenvalue weighted by Crippen LogP contribution is 2.33. The van der Waals surface area contributed by atoms with Gasteiger partial charge < -0.3 is 22.9 Å². The van der Waals surface area contributed by atoms with Crippen LogP contribution >= 0.6 is 0 Å². The fourth-order valence-electron chi connectivity index (χ4n) is 2.66. The number of carbonyl (C=O) groups is 2.